The van der Waals surface area contributed by atoms with Crippen LogP contribution < -0.4 is 5.32 Å². The van der Waals surface area contributed by atoms with Crippen molar-refractivity contribution in [1.82, 2.24) is 10.2 Å². The van der Waals surface area contributed by atoms with Crippen molar-refractivity contribution < 1.29 is 4.79 Å². The quantitative estimate of drug-likeness (QED) is 0.749. The van der Waals surface area contributed by atoms with Gasteiger partial charge in [-0.25, -0.2) is 0 Å². The number of carbonyl (C=O) groups excluding carboxylic acids is 1. The zero-order valence-corrected chi connectivity index (χ0v) is 8.03. The van der Waals surface area contributed by atoms with E-state index in [2.05, 4.69) is 15.5 Å². The van der Waals surface area contributed by atoms with Crippen LogP contribution in [0, 0.1) is 0 Å². The van der Waals surface area contributed by atoms with Gasteiger partial charge in [-0.3, -0.25) is 4.79 Å². The van der Waals surface area contributed by atoms with Crippen LogP contribution in [0.1, 0.15) is 32.4 Å². The molecule has 1 aromatic rings. The molecule has 0 saturated carbocycles. The van der Waals surface area contributed by atoms with E-state index in [9.17, 15) is 4.79 Å². The Morgan fingerprint density at radius 1 is 1.54 bits per heavy atom. The smallest absolute Gasteiger partial charge is 0.221 e. The summed E-state index contributed by atoms with van der Waals surface area (Å²) in [4.78, 5) is 10.7. The second kappa shape index (κ2) is 3.98. The lowest BCUT2D eigenvalue weighted by atomic mass is 10.1. The van der Waals surface area contributed by atoms with E-state index in [0.717, 1.165) is 5.69 Å². The number of hydrogen-bond acceptors (Lipinski definition) is 3. The number of rotatable bonds is 2. The summed E-state index contributed by atoms with van der Waals surface area (Å²) in [5, 5.41) is 10.4. The number of amides is 1. The SMILES string of the molecule is CC(=O)Nc1cnnc(C(C)C)c1. The maximum Gasteiger partial charge on any atom is 0.221 e. The zero-order valence-electron chi connectivity index (χ0n) is 8.03. The van der Waals surface area contributed by atoms with Crippen molar-refractivity contribution in [3.8, 4) is 0 Å². The summed E-state index contributed by atoms with van der Waals surface area (Å²) in [6.07, 6.45) is 1.54. The molecule has 0 aliphatic heterocycles. The summed E-state index contributed by atoms with van der Waals surface area (Å²) in [6.45, 7) is 5.53. The van der Waals surface area contributed by atoms with Gasteiger partial charge in [-0.1, -0.05) is 13.8 Å². The second-order valence-corrected chi connectivity index (χ2v) is 3.21. The Hall–Kier alpha value is -1.45. The molecule has 4 heteroatoms. The first kappa shape index (κ1) is 9.64. The van der Waals surface area contributed by atoms with Crippen LogP contribution in [0.2, 0.25) is 0 Å². The average molecular weight is 179 g/mol. The molecule has 0 atom stereocenters. The lowest BCUT2D eigenvalue weighted by Crippen LogP contribution is -2.07. The molecule has 1 rings (SSSR count). The van der Waals surface area contributed by atoms with Gasteiger partial charge < -0.3 is 5.32 Å². The highest BCUT2D eigenvalue weighted by Crippen LogP contribution is 2.13. The van der Waals surface area contributed by atoms with Gasteiger partial charge in [0.05, 0.1) is 17.6 Å². The van der Waals surface area contributed by atoms with E-state index in [1.54, 1.807) is 0 Å². The minimum absolute atomic E-state index is 0.0947. The third-order valence-electron chi connectivity index (χ3n) is 1.59. The molecule has 0 aromatic carbocycles. The van der Waals surface area contributed by atoms with E-state index in [1.807, 2.05) is 19.9 Å². The maximum atomic E-state index is 10.7. The van der Waals surface area contributed by atoms with Crippen molar-refractivity contribution in [2.24, 2.45) is 0 Å². The monoisotopic (exact) mass is 179 g/mol. The van der Waals surface area contributed by atoms with E-state index >= 15 is 0 Å². The number of aromatic nitrogens is 2. The first-order chi connectivity index (χ1) is 6.09. The molecule has 1 N–H and O–H groups in total. The number of carbonyl (C=O) groups is 1. The topological polar surface area (TPSA) is 54.9 Å². The Kier molecular flexibility index (Phi) is 2.95. The van der Waals surface area contributed by atoms with Gasteiger partial charge in [0.15, 0.2) is 0 Å². The van der Waals surface area contributed by atoms with Crippen molar-refractivity contribution in [1.29, 1.82) is 0 Å². The summed E-state index contributed by atoms with van der Waals surface area (Å²) in [5.41, 5.74) is 1.58. The van der Waals surface area contributed by atoms with Crippen molar-refractivity contribution >= 4 is 11.6 Å². The van der Waals surface area contributed by atoms with Crippen LogP contribution in [0.3, 0.4) is 0 Å². The lowest BCUT2D eigenvalue weighted by molar-refractivity contribution is -0.114. The molecule has 0 aliphatic rings. The average Bonchev–Trinajstić information content (AvgIpc) is 2.03. The Bertz CT molecular complexity index is 309. The van der Waals surface area contributed by atoms with Gasteiger partial charge in [0.25, 0.3) is 0 Å². The largest absolute Gasteiger partial charge is 0.325 e. The van der Waals surface area contributed by atoms with Gasteiger partial charge in [-0.2, -0.15) is 10.2 Å². The van der Waals surface area contributed by atoms with Crippen LogP contribution in [0.25, 0.3) is 0 Å². The fourth-order valence-corrected chi connectivity index (χ4v) is 0.937. The maximum absolute atomic E-state index is 10.7. The fraction of sp³-hybridized carbons (Fsp3) is 0.444. The van der Waals surface area contributed by atoms with Gasteiger partial charge in [0, 0.05) is 6.92 Å². The van der Waals surface area contributed by atoms with Crippen LogP contribution in [-0.2, 0) is 4.79 Å². The van der Waals surface area contributed by atoms with Gasteiger partial charge >= 0.3 is 0 Å². The van der Waals surface area contributed by atoms with Crippen molar-refractivity contribution in [3.63, 3.8) is 0 Å². The van der Waals surface area contributed by atoms with E-state index in [-0.39, 0.29) is 5.91 Å². The van der Waals surface area contributed by atoms with Crippen LogP contribution in [0.5, 0.6) is 0 Å². The molecule has 0 bridgehead atoms. The first-order valence-electron chi connectivity index (χ1n) is 4.20. The van der Waals surface area contributed by atoms with Crippen LogP contribution >= 0.6 is 0 Å². The molecule has 0 spiro atoms. The van der Waals surface area contributed by atoms with Crippen LogP contribution in [0.15, 0.2) is 12.3 Å². The van der Waals surface area contributed by atoms with E-state index in [1.165, 1.54) is 13.1 Å². The lowest BCUT2D eigenvalue weighted by Gasteiger charge is -2.05. The fourth-order valence-electron chi connectivity index (χ4n) is 0.937. The molecule has 4 nitrogen and oxygen atoms in total. The molecule has 70 valence electrons. The molecule has 1 heterocycles. The van der Waals surface area contributed by atoms with Crippen LogP contribution in [-0.4, -0.2) is 16.1 Å². The Balaban J connectivity index is 2.85. The Labute approximate surface area is 77.4 Å². The second-order valence-electron chi connectivity index (χ2n) is 3.21. The minimum atomic E-state index is -0.0947. The highest BCUT2D eigenvalue weighted by atomic mass is 16.1. The number of nitrogens with zero attached hydrogens (tertiary/aromatic N) is 2. The highest BCUT2D eigenvalue weighted by molar-refractivity contribution is 5.88. The molecule has 0 saturated heterocycles. The van der Waals surface area contributed by atoms with Crippen molar-refractivity contribution in [2.75, 3.05) is 5.32 Å². The van der Waals surface area contributed by atoms with Crippen molar-refractivity contribution in [3.05, 3.63) is 18.0 Å². The minimum Gasteiger partial charge on any atom is -0.325 e. The summed E-state index contributed by atoms with van der Waals surface area (Å²) in [5.74, 6) is 0.226. The third-order valence-corrected chi connectivity index (χ3v) is 1.59. The summed E-state index contributed by atoms with van der Waals surface area (Å²) < 4.78 is 0. The van der Waals surface area contributed by atoms with Gasteiger partial charge in [-0.05, 0) is 12.0 Å². The predicted octanol–water partition coefficient (Wildman–Crippen LogP) is 1.56. The molecule has 0 aliphatic carbocycles. The molecular weight excluding hydrogens is 166 g/mol. The molecular formula is C9H13N3O. The summed E-state index contributed by atoms with van der Waals surface area (Å²) >= 11 is 0. The van der Waals surface area contributed by atoms with Gasteiger partial charge in [0.1, 0.15) is 0 Å². The molecule has 13 heavy (non-hydrogen) atoms. The van der Waals surface area contributed by atoms with E-state index in [0.29, 0.717) is 11.6 Å². The highest BCUT2D eigenvalue weighted by Gasteiger charge is 2.03. The number of hydrogen-bond donors (Lipinski definition) is 1. The van der Waals surface area contributed by atoms with Gasteiger partial charge in [0.2, 0.25) is 5.91 Å². The van der Waals surface area contributed by atoms with Gasteiger partial charge in [-0.15, -0.1) is 0 Å². The molecule has 0 unspecified atom stereocenters. The molecule has 1 amide bonds. The number of anilines is 1. The van der Waals surface area contributed by atoms with Crippen molar-refractivity contribution in [2.45, 2.75) is 26.7 Å². The zero-order chi connectivity index (χ0) is 9.84. The van der Waals surface area contributed by atoms with E-state index in [4.69, 9.17) is 0 Å². The molecule has 0 radical (unpaired) electrons. The Morgan fingerprint density at radius 2 is 2.23 bits per heavy atom. The normalized spacial score (nSPS) is 10.2. The third kappa shape index (κ3) is 2.82. The summed E-state index contributed by atoms with van der Waals surface area (Å²) in [6, 6.07) is 1.83. The molecule has 0 fully saturated rings. The predicted molar refractivity (Wildman–Crippen MR) is 50.4 cm³/mol. The standard InChI is InChI=1S/C9H13N3O/c1-6(2)9-4-8(5-10-12-9)11-7(3)13/h4-6H,1-3H3,(H,11,12,13). The Morgan fingerprint density at radius 3 is 2.77 bits per heavy atom. The van der Waals surface area contributed by atoms with E-state index < -0.39 is 0 Å². The summed E-state index contributed by atoms with van der Waals surface area (Å²) in [7, 11) is 0. The molecule has 1 aromatic heterocycles. The number of nitrogens with one attached hydrogen (secondary N) is 1. The first-order valence-corrected chi connectivity index (χ1v) is 4.20. The van der Waals surface area contributed by atoms with Crippen LogP contribution in [0.4, 0.5) is 5.69 Å².